The lowest BCUT2D eigenvalue weighted by molar-refractivity contribution is -0.145. The van der Waals surface area contributed by atoms with E-state index in [2.05, 4.69) is 11.3 Å². The Labute approximate surface area is 123 Å². The van der Waals surface area contributed by atoms with Gasteiger partial charge in [0.05, 0.1) is 27.8 Å². The molecule has 0 unspecified atom stereocenters. The molecule has 1 aromatic rings. The third-order valence-electron chi connectivity index (χ3n) is 2.73. The Kier molecular flexibility index (Phi) is 6.26. The summed E-state index contributed by atoms with van der Waals surface area (Å²) in [6, 6.07) is 5.15. The predicted octanol–water partition coefficient (Wildman–Crippen LogP) is 1.87. The topological polar surface area (TPSA) is 71.1 Å². The number of esters is 2. The van der Waals surface area contributed by atoms with Crippen LogP contribution < -0.4 is 9.47 Å². The molecule has 0 aromatic heterocycles. The first-order chi connectivity index (χ1) is 10.0. The molecule has 21 heavy (non-hydrogen) atoms. The summed E-state index contributed by atoms with van der Waals surface area (Å²) in [4.78, 5) is 22.7. The molecule has 0 spiro atoms. The number of ether oxygens (including phenoxy) is 4. The van der Waals surface area contributed by atoms with Gasteiger partial charge in [0.1, 0.15) is 18.1 Å². The summed E-state index contributed by atoms with van der Waals surface area (Å²) in [6.07, 6.45) is -0.199. The molecule has 0 atom stereocenters. The van der Waals surface area contributed by atoms with Gasteiger partial charge in [0, 0.05) is 17.2 Å². The molecular weight excluding hydrogens is 276 g/mol. The largest absolute Gasteiger partial charge is 0.497 e. The molecule has 0 aliphatic rings. The summed E-state index contributed by atoms with van der Waals surface area (Å²) >= 11 is 0. The van der Waals surface area contributed by atoms with E-state index in [1.54, 1.807) is 25.3 Å². The minimum atomic E-state index is -0.654. The van der Waals surface area contributed by atoms with E-state index in [1.807, 2.05) is 0 Å². The van der Waals surface area contributed by atoms with Crippen LogP contribution in [0.1, 0.15) is 12.0 Å². The lowest BCUT2D eigenvalue weighted by Crippen LogP contribution is -2.12. The first-order valence-electron chi connectivity index (χ1n) is 6.14. The molecule has 1 aromatic carbocycles. The fraction of sp³-hybridized carbons (Fsp3) is 0.333. The Morgan fingerprint density at radius 1 is 1.14 bits per heavy atom. The van der Waals surface area contributed by atoms with E-state index in [4.69, 9.17) is 14.2 Å². The average molecular weight is 294 g/mol. The van der Waals surface area contributed by atoms with E-state index in [-0.39, 0.29) is 18.6 Å². The van der Waals surface area contributed by atoms with Gasteiger partial charge >= 0.3 is 11.9 Å². The van der Waals surface area contributed by atoms with Gasteiger partial charge in [-0.05, 0) is 12.1 Å². The SMILES string of the molecule is C=C(CC(=O)OC)C(=O)OCc1ccc(OC)cc1OC. The van der Waals surface area contributed by atoms with Crippen molar-refractivity contribution in [2.45, 2.75) is 13.0 Å². The fourth-order valence-electron chi connectivity index (χ4n) is 1.54. The van der Waals surface area contributed by atoms with Gasteiger partial charge in [-0.3, -0.25) is 4.79 Å². The highest BCUT2D eigenvalue weighted by molar-refractivity contribution is 5.93. The first-order valence-corrected chi connectivity index (χ1v) is 6.14. The number of carbonyl (C=O) groups is 2. The lowest BCUT2D eigenvalue weighted by Gasteiger charge is -2.11. The Bertz CT molecular complexity index is 535. The summed E-state index contributed by atoms with van der Waals surface area (Å²) in [5.74, 6) is -0.0185. The Balaban J connectivity index is 2.64. The molecule has 6 nitrogen and oxygen atoms in total. The molecule has 0 saturated carbocycles. The monoisotopic (exact) mass is 294 g/mol. The van der Waals surface area contributed by atoms with Gasteiger partial charge in [0.25, 0.3) is 0 Å². The molecule has 0 amide bonds. The van der Waals surface area contributed by atoms with Crippen molar-refractivity contribution in [3.05, 3.63) is 35.9 Å². The molecule has 114 valence electrons. The number of hydrogen-bond acceptors (Lipinski definition) is 6. The van der Waals surface area contributed by atoms with Gasteiger partial charge < -0.3 is 18.9 Å². The summed E-state index contributed by atoms with van der Waals surface area (Å²) in [6.45, 7) is 3.50. The van der Waals surface area contributed by atoms with Crippen LogP contribution in [0.25, 0.3) is 0 Å². The van der Waals surface area contributed by atoms with Gasteiger partial charge in [-0.25, -0.2) is 4.79 Å². The van der Waals surface area contributed by atoms with E-state index >= 15 is 0 Å². The van der Waals surface area contributed by atoms with Crippen molar-refractivity contribution in [2.75, 3.05) is 21.3 Å². The Morgan fingerprint density at radius 3 is 2.43 bits per heavy atom. The van der Waals surface area contributed by atoms with E-state index in [0.717, 1.165) is 0 Å². The summed E-state index contributed by atoms with van der Waals surface area (Å²) in [5.41, 5.74) is 0.715. The molecule has 0 aliphatic carbocycles. The van der Waals surface area contributed by atoms with Crippen molar-refractivity contribution < 1.29 is 28.5 Å². The molecule has 0 bridgehead atoms. The normalized spacial score (nSPS) is 9.67. The van der Waals surface area contributed by atoms with Crippen LogP contribution in [-0.4, -0.2) is 33.3 Å². The zero-order valence-electron chi connectivity index (χ0n) is 12.3. The number of rotatable bonds is 7. The van der Waals surface area contributed by atoms with Crippen LogP contribution in [0.4, 0.5) is 0 Å². The minimum absolute atomic E-state index is 0.00614. The standard InChI is InChI=1S/C15H18O6/c1-10(7-14(16)20-4)15(17)21-9-11-5-6-12(18-2)8-13(11)19-3/h5-6,8H,1,7,9H2,2-4H3. The first kappa shape index (κ1) is 16.6. The third-order valence-corrected chi connectivity index (χ3v) is 2.73. The Morgan fingerprint density at radius 2 is 1.86 bits per heavy atom. The molecule has 0 heterocycles. The summed E-state index contributed by atoms with van der Waals surface area (Å²) in [7, 11) is 4.30. The fourth-order valence-corrected chi connectivity index (χ4v) is 1.54. The van der Waals surface area contributed by atoms with Crippen molar-refractivity contribution in [3.8, 4) is 11.5 Å². The van der Waals surface area contributed by atoms with Gasteiger partial charge in [-0.2, -0.15) is 0 Å². The second-order valence-corrected chi connectivity index (χ2v) is 4.11. The zero-order chi connectivity index (χ0) is 15.8. The minimum Gasteiger partial charge on any atom is -0.497 e. The molecular formula is C15H18O6. The van der Waals surface area contributed by atoms with E-state index in [0.29, 0.717) is 17.1 Å². The molecule has 0 aliphatic heterocycles. The second kappa shape index (κ2) is 7.94. The van der Waals surface area contributed by atoms with Crippen molar-refractivity contribution in [2.24, 2.45) is 0 Å². The van der Waals surface area contributed by atoms with Gasteiger partial charge in [0.2, 0.25) is 0 Å². The lowest BCUT2D eigenvalue weighted by atomic mass is 10.2. The number of hydrogen-bond donors (Lipinski definition) is 0. The van der Waals surface area contributed by atoms with Gasteiger partial charge in [0.15, 0.2) is 0 Å². The highest BCUT2D eigenvalue weighted by Gasteiger charge is 2.14. The van der Waals surface area contributed by atoms with Crippen molar-refractivity contribution in [1.29, 1.82) is 0 Å². The van der Waals surface area contributed by atoms with Crippen LogP contribution in [-0.2, 0) is 25.7 Å². The van der Waals surface area contributed by atoms with Crippen LogP contribution in [0.2, 0.25) is 0 Å². The Hall–Kier alpha value is -2.50. The smallest absolute Gasteiger partial charge is 0.334 e. The molecule has 6 heteroatoms. The van der Waals surface area contributed by atoms with E-state index in [1.165, 1.54) is 14.2 Å². The van der Waals surface area contributed by atoms with Crippen LogP contribution in [0.3, 0.4) is 0 Å². The highest BCUT2D eigenvalue weighted by atomic mass is 16.5. The maximum absolute atomic E-state index is 11.7. The van der Waals surface area contributed by atoms with E-state index in [9.17, 15) is 9.59 Å². The van der Waals surface area contributed by atoms with Crippen molar-refractivity contribution >= 4 is 11.9 Å². The second-order valence-electron chi connectivity index (χ2n) is 4.11. The maximum Gasteiger partial charge on any atom is 0.334 e. The quantitative estimate of drug-likeness (QED) is 0.564. The highest BCUT2D eigenvalue weighted by Crippen LogP contribution is 2.25. The van der Waals surface area contributed by atoms with Gasteiger partial charge in [-0.1, -0.05) is 6.58 Å². The molecule has 1 rings (SSSR count). The van der Waals surface area contributed by atoms with Crippen molar-refractivity contribution in [1.82, 2.24) is 0 Å². The molecule has 0 saturated heterocycles. The summed E-state index contributed by atoms with van der Waals surface area (Å²) in [5, 5.41) is 0. The zero-order valence-corrected chi connectivity index (χ0v) is 12.3. The maximum atomic E-state index is 11.7. The van der Waals surface area contributed by atoms with E-state index < -0.39 is 11.9 Å². The van der Waals surface area contributed by atoms with Crippen LogP contribution in [0.15, 0.2) is 30.4 Å². The molecule has 0 fully saturated rings. The number of benzene rings is 1. The predicted molar refractivity (Wildman–Crippen MR) is 75.1 cm³/mol. The molecule has 0 radical (unpaired) electrons. The summed E-state index contributed by atoms with van der Waals surface area (Å²) < 4.78 is 19.8. The number of methoxy groups -OCH3 is 3. The average Bonchev–Trinajstić information content (AvgIpc) is 2.51. The van der Waals surface area contributed by atoms with Crippen LogP contribution in [0.5, 0.6) is 11.5 Å². The molecule has 0 N–H and O–H groups in total. The number of carbonyl (C=O) groups excluding carboxylic acids is 2. The van der Waals surface area contributed by atoms with Crippen LogP contribution in [0, 0.1) is 0 Å². The third kappa shape index (κ3) is 4.83. The van der Waals surface area contributed by atoms with Crippen LogP contribution >= 0.6 is 0 Å². The van der Waals surface area contributed by atoms with Gasteiger partial charge in [-0.15, -0.1) is 0 Å². The van der Waals surface area contributed by atoms with Crippen molar-refractivity contribution in [3.63, 3.8) is 0 Å².